The van der Waals surface area contributed by atoms with Crippen LogP contribution in [-0.2, 0) is 5.41 Å². The predicted octanol–water partition coefficient (Wildman–Crippen LogP) is 11.7. The van der Waals surface area contributed by atoms with Crippen LogP contribution in [0.2, 0.25) is 0 Å². The van der Waals surface area contributed by atoms with Gasteiger partial charge in [-0.15, -0.1) is 0 Å². The first-order chi connectivity index (χ1) is 21.6. The van der Waals surface area contributed by atoms with Gasteiger partial charge in [0.2, 0.25) is 0 Å². The fourth-order valence-electron chi connectivity index (χ4n) is 8.30. The second kappa shape index (κ2) is 8.36. The van der Waals surface area contributed by atoms with E-state index in [4.69, 9.17) is 0 Å². The molecule has 1 heteroatoms. The highest BCUT2D eigenvalue weighted by Crippen LogP contribution is 2.54. The fourth-order valence-corrected chi connectivity index (χ4v) is 8.30. The van der Waals surface area contributed by atoms with Crippen molar-refractivity contribution in [1.82, 2.24) is 4.57 Å². The minimum Gasteiger partial charge on any atom is -0.309 e. The van der Waals surface area contributed by atoms with Crippen molar-refractivity contribution in [2.24, 2.45) is 0 Å². The Morgan fingerprint density at radius 2 is 1.16 bits per heavy atom. The van der Waals surface area contributed by atoms with Crippen LogP contribution >= 0.6 is 0 Å². The van der Waals surface area contributed by atoms with Crippen molar-refractivity contribution in [3.63, 3.8) is 0 Å². The molecule has 0 N–H and O–H groups in total. The molecule has 1 heterocycles. The van der Waals surface area contributed by atoms with Gasteiger partial charge >= 0.3 is 0 Å². The number of aromatic nitrogens is 1. The van der Waals surface area contributed by atoms with E-state index in [0.717, 1.165) is 0 Å². The van der Waals surface area contributed by atoms with Gasteiger partial charge in [-0.1, -0.05) is 117 Å². The standard InChI is InChI=1S/C43H29N/c1-43(2)36-14-8-6-13-33(36)42-34-22-17-26-16-20-30(32-21-18-28(25-37(42)43)41(34)40(26)32)27-19-23-39-35(24-27)31-12-7-9-15-38(31)44(39)29-10-4-3-5-11-29/h3-25H,1-2H3. The van der Waals surface area contributed by atoms with Gasteiger partial charge in [-0.05, 0) is 102 Å². The molecule has 0 amide bonds. The van der Waals surface area contributed by atoms with Crippen LogP contribution in [0.25, 0.3) is 82.1 Å². The number of para-hydroxylation sites is 2. The third-order valence-electron chi connectivity index (χ3n) is 10.3. The Bertz CT molecular complexity index is 2620. The lowest BCUT2D eigenvalue weighted by Gasteiger charge is -2.23. The second-order valence-corrected chi connectivity index (χ2v) is 12.9. The molecule has 0 bridgehead atoms. The normalized spacial score (nSPS) is 13.9. The van der Waals surface area contributed by atoms with Gasteiger partial charge in [-0.3, -0.25) is 0 Å². The topological polar surface area (TPSA) is 4.93 Å². The number of rotatable bonds is 2. The first-order valence-electron chi connectivity index (χ1n) is 15.5. The Morgan fingerprint density at radius 1 is 0.455 bits per heavy atom. The lowest BCUT2D eigenvalue weighted by Crippen LogP contribution is -2.14. The molecule has 1 nitrogen and oxygen atoms in total. The van der Waals surface area contributed by atoms with Crippen molar-refractivity contribution in [1.29, 1.82) is 0 Å². The quantitative estimate of drug-likeness (QED) is 0.186. The number of hydrogen-bond donors (Lipinski definition) is 0. The lowest BCUT2D eigenvalue weighted by atomic mass is 9.80. The molecule has 1 aliphatic carbocycles. The average molecular weight is 560 g/mol. The maximum atomic E-state index is 2.47. The van der Waals surface area contributed by atoms with Crippen molar-refractivity contribution in [2.75, 3.05) is 0 Å². The molecular weight excluding hydrogens is 530 g/mol. The molecule has 0 unspecified atom stereocenters. The summed E-state index contributed by atoms with van der Waals surface area (Å²) in [6, 6.07) is 52.0. The van der Waals surface area contributed by atoms with E-state index >= 15 is 0 Å². The summed E-state index contributed by atoms with van der Waals surface area (Å²) >= 11 is 0. The highest BCUT2D eigenvalue weighted by Gasteiger charge is 2.36. The zero-order valence-electron chi connectivity index (χ0n) is 24.7. The van der Waals surface area contributed by atoms with Crippen LogP contribution in [-0.4, -0.2) is 4.57 Å². The van der Waals surface area contributed by atoms with Crippen LogP contribution in [0.3, 0.4) is 0 Å². The monoisotopic (exact) mass is 559 g/mol. The van der Waals surface area contributed by atoms with Crippen LogP contribution in [0, 0.1) is 0 Å². The molecule has 44 heavy (non-hydrogen) atoms. The smallest absolute Gasteiger partial charge is 0.0541 e. The molecule has 0 saturated carbocycles. The summed E-state index contributed by atoms with van der Waals surface area (Å²) < 4.78 is 2.39. The largest absolute Gasteiger partial charge is 0.309 e. The number of hydrogen-bond acceptors (Lipinski definition) is 0. The van der Waals surface area contributed by atoms with E-state index in [1.165, 1.54) is 93.2 Å². The molecule has 0 atom stereocenters. The first-order valence-corrected chi connectivity index (χ1v) is 15.5. The minimum atomic E-state index is -0.0180. The molecule has 10 rings (SSSR count). The van der Waals surface area contributed by atoms with E-state index in [1.54, 1.807) is 0 Å². The van der Waals surface area contributed by atoms with Crippen LogP contribution in [0.1, 0.15) is 25.0 Å². The summed E-state index contributed by atoms with van der Waals surface area (Å²) in [5.41, 5.74) is 11.8. The van der Waals surface area contributed by atoms with Gasteiger partial charge in [0.25, 0.3) is 0 Å². The zero-order valence-corrected chi connectivity index (χ0v) is 24.7. The molecular formula is C43H29N. The van der Waals surface area contributed by atoms with Gasteiger partial charge in [0.05, 0.1) is 11.0 Å². The first kappa shape index (κ1) is 24.1. The van der Waals surface area contributed by atoms with Crippen LogP contribution in [0.4, 0.5) is 0 Å². The van der Waals surface area contributed by atoms with Gasteiger partial charge in [-0.2, -0.15) is 0 Å². The van der Waals surface area contributed by atoms with Crippen molar-refractivity contribution in [3.8, 4) is 27.9 Å². The molecule has 0 saturated heterocycles. The number of nitrogens with zero attached hydrogens (tertiary/aromatic N) is 1. The third-order valence-corrected chi connectivity index (χ3v) is 10.3. The SMILES string of the molecule is CC1(C)c2ccccc2-c2c1cc1ccc3c(-c4ccc5c(c4)c4ccccc4n5-c4ccccc4)ccc4ccc2c1c43. The number of benzene rings is 8. The summed E-state index contributed by atoms with van der Waals surface area (Å²) in [5.74, 6) is 0. The summed E-state index contributed by atoms with van der Waals surface area (Å²) in [6.45, 7) is 4.75. The van der Waals surface area contributed by atoms with Crippen LogP contribution in [0.5, 0.6) is 0 Å². The maximum Gasteiger partial charge on any atom is 0.0541 e. The zero-order chi connectivity index (χ0) is 29.2. The van der Waals surface area contributed by atoms with Gasteiger partial charge in [0.1, 0.15) is 0 Å². The predicted molar refractivity (Wildman–Crippen MR) is 187 cm³/mol. The highest BCUT2D eigenvalue weighted by atomic mass is 15.0. The molecule has 1 aliphatic rings. The molecule has 0 radical (unpaired) electrons. The van der Waals surface area contributed by atoms with Crippen molar-refractivity contribution >= 4 is 54.1 Å². The Kier molecular flexibility index (Phi) is 4.58. The molecule has 1 aromatic heterocycles. The van der Waals surface area contributed by atoms with Gasteiger partial charge in [0.15, 0.2) is 0 Å². The Morgan fingerprint density at radius 3 is 2.07 bits per heavy atom. The molecule has 8 aromatic carbocycles. The molecule has 0 fully saturated rings. The molecule has 9 aromatic rings. The third kappa shape index (κ3) is 2.99. The Labute approximate surface area is 255 Å². The maximum absolute atomic E-state index is 2.47. The van der Waals surface area contributed by atoms with Crippen molar-refractivity contribution < 1.29 is 0 Å². The van der Waals surface area contributed by atoms with E-state index < -0.39 is 0 Å². The summed E-state index contributed by atoms with van der Waals surface area (Å²) in [7, 11) is 0. The summed E-state index contributed by atoms with van der Waals surface area (Å²) in [6.07, 6.45) is 0. The molecule has 0 aliphatic heterocycles. The molecule has 206 valence electrons. The Balaban J connectivity index is 1.26. The van der Waals surface area contributed by atoms with Gasteiger partial charge in [-0.25, -0.2) is 0 Å². The lowest BCUT2D eigenvalue weighted by molar-refractivity contribution is 0.661. The van der Waals surface area contributed by atoms with Crippen LogP contribution < -0.4 is 0 Å². The second-order valence-electron chi connectivity index (χ2n) is 12.9. The Hall–Kier alpha value is -5.40. The minimum absolute atomic E-state index is 0.0180. The van der Waals surface area contributed by atoms with E-state index in [0.29, 0.717) is 0 Å². The van der Waals surface area contributed by atoms with Crippen molar-refractivity contribution in [3.05, 3.63) is 151 Å². The average Bonchev–Trinajstić information content (AvgIpc) is 3.52. The number of fused-ring (bicyclic) bond motifs is 7. The highest BCUT2D eigenvalue weighted by molar-refractivity contribution is 6.28. The van der Waals surface area contributed by atoms with Gasteiger partial charge in [0, 0.05) is 21.9 Å². The van der Waals surface area contributed by atoms with E-state index in [1.807, 2.05) is 0 Å². The fraction of sp³-hybridized carbons (Fsp3) is 0.0698. The van der Waals surface area contributed by atoms with Crippen molar-refractivity contribution in [2.45, 2.75) is 19.3 Å². The molecule has 0 spiro atoms. The van der Waals surface area contributed by atoms with E-state index in [-0.39, 0.29) is 5.41 Å². The van der Waals surface area contributed by atoms with E-state index in [9.17, 15) is 0 Å². The summed E-state index contributed by atoms with van der Waals surface area (Å²) in [4.78, 5) is 0. The van der Waals surface area contributed by atoms with E-state index in [2.05, 4.69) is 158 Å². The van der Waals surface area contributed by atoms with Crippen LogP contribution in [0.15, 0.2) is 140 Å². The van der Waals surface area contributed by atoms with Gasteiger partial charge < -0.3 is 4.57 Å². The summed E-state index contributed by atoms with van der Waals surface area (Å²) in [5, 5.41) is 10.6.